The van der Waals surface area contributed by atoms with Crippen molar-refractivity contribution in [2.45, 2.75) is 25.9 Å². The molecule has 1 saturated heterocycles. The topological polar surface area (TPSA) is 40.6 Å². The van der Waals surface area contributed by atoms with Gasteiger partial charge in [0.05, 0.1) is 17.7 Å². The molecular weight excluding hydrogens is 319 g/mol. The van der Waals surface area contributed by atoms with Crippen LogP contribution in [0.1, 0.15) is 51.2 Å². The van der Waals surface area contributed by atoms with Crippen LogP contribution in [0.2, 0.25) is 0 Å². The van der Waals surface area contributed by atoms with Gasteiger partial charge in [0.25, 0.3) is 11.8 Å². The quantitative estimate of drug-likeness (QED) is 0.803. The lowest BCUT2D eigenvalue weighted by Gasteiger charge is -2.37. The first-order valence-electron chi connectivity index (χ1n) is 8.54. The summed E-state index contributed by atoms with van der Waals surface area (Å²) < 4.78 is 14.6. The molecule has 0 aliphatic carbocycles. The van der Waals surface area contributed by atoms with Crippen molar-refractivity contribution in [3.8, 4) is 0 Å². The van der Waals surface area contributed by atoms with Crippen LogP contribution in [0.15, 0.2) is 42.5 Å². The molecular formula is C20H19FN2O2. The summed E-state index contributed by atoms with van der Waals surface area (Å²) in [6, 6.07) is 11.8. The Morgan fingerprint density at radius 2 is 1.64 bits per heavy atom. The van der Waals surface area contributed by atoms with E-state index in [0.29, 0.717) is 16.7 Å². The van der Waals surface area contributed by atoms with Crippen LogP contribution in [-0.4, -0.2) is 34.7 Å². The summed E-state index contributed by atoms with van der Waals surface area (Å²) in [5.74, 6) is -1.08. The second-order valence-electron chi connectivity index (χ2n) is 6.62. The van der Waals surface area contributed by atoms with E-state index in [1.165, 1.54) is 6.07 Å². The van der Waals surface area contributed by atoms with Crippen molar-refractivity contribution in [1.82, 2.24) is 9.80 Å². The maximum atomic E-state index is 14.6. The van der Waals surface area contributed by atoms with E-state index >= 15 is 0 Å². The molecule has 1 atom stereocenters. The van der Waals surface area contributed by atoms with Crippen LogP contribution in [-0.2, 0) is 6.54 Å². The number of nitrogens with zero attached hydrogens (tertiary/aromatic N) is 2. The maximum absolute atomic E-state index is 14.6. The Balaban J connectivity index is 1.68. The lowest BCUT2D eigenvalue weighted by Crippen LogP contribution is -2.39. The van der Waals surface area contributed by atoms with Gasteiger partial charge in [-0.2, -0.15) is 0 Å². The number of imide groups is 1. The zero-order chi connectivity index (χ0) is 17.6. The maximum Gasteiger partial charge on any atom is 0.261 e. The Hall–Kier alpha value is -2.53. The second-order valence-corrected chi connectivity index (χ2v) is 6.62. The molecule has 4 rings (SSSR count). The molecule has 2 amide bonds. The summed E-state index contributed by atoms with van der Waals surface area (Å²) in [6.07, 6.45) is 1.15. The third-order valence-electron chi connectivity index (χ3n) is 5.24. The molecule has 5 heteroatoms. The Bertz CT molecular complexity index is 826. The van der Waals surface area contributed by atoms with Crippen LogP contribution in [0.5, 0.6) is 0 Å². The minimum Gasteiger partial charge on any atom is -0.297 e. The monoisotopic (exact) mass is 338 g/mol. The molecule has 0 radical (unpaired) electrons. The van der Waals surface area contributed by atoms with E-state index in [1.807, 2.05) is 13.0 Å². The number of likely N-dealkylation sites (tertiary alicyclic amines) is 1. The van der Waals surface area contributed by atoms with Crippen LogP contribution < -0.4 is 0 Å². The van der Waals surface area contributed by atoms with Gasteiger partial charge >= 0.3 is 0 Å². The van der Waals surface area contributed by atoms with Gasteiger partial charge in [-0.15, -0.1) is 0 Å². The van der Waals surface area contributed by atoms with E-state index in [0.717, 1.165) is 30.0 Å². The predicted molar refractivity (Wildman–Crippen MR) is 91.7 cm³/mol. The summed E-state index contributed by atoms with van der Waals surface area (Å²) in [5.41, 5.74) is 2.05. The lowest BCUT2D eigenvalue weighted by atomic mass is 9.97. The van der Waals surface area contributed by atoms with Crippen molar-refractivity contribution < 1.29 is 14.0 Å². The van der Waals surface area contributed by atoms with Crippen LogP contribution in [0, 0.1) is 5.82 Å². The molecule has 25 heavy (non-hydrogen) atoms. The Labute approximate surface area is 145 Å². The highest BCUT2D eigenvalue weighted by molar-refractivity contribution is 6.21. The van der Waals surface area contributed by atoms with E-state index in [4.69, 9.17) is 0 Å². The summed E-state index contributed by atoms with van der Waals surface area (Å²) in [7, 11) is 0. The molecule has 0 N–H and O–H groups in total. The molecule has 2 heterocycles. The molecule has 0 aromatic heterocycles. The number of benzene rings is 2. The van der Waals surface area contributed by atoms with Gasteiger partial charge in [0.15, 0.2) is 0 Å². The Kier molecular flexibility index (Phi) is 3.88. The van der Waals surface area contributed by atoms with Crippen molar-refractivity contribution in [1.29, 1.82) is 0 Å². The first-order chi connectivity index (χ1) is 12.1. The van der Waals surface area contributed by atoms with E-state index < -0.39 is 0 Å². The highest BCUT2D eigenvalue weighted by Crippen LogP contribution is 2.31. The molecule has 1 unspecified atom stereocenters. The van der Waals surface area contributed by atoms with E-state index in [9.17, 15) is 14.0 Å². The third kappa shape index (κ3) is 2.55. The number of halogens is 1. The number of carbonyl (C=O) groups excluding carboxylic acids is 2. The lowest BCUT2D eigenvalue weighted by molar-refractivity contribution is 0.0638. The van der Waals surface area contributed by atoms with Crippen LogP contribution in [0.25, 0.3) is 0 Å². The molecule has 1 fully saturated rings. The van der Waals surface area contributed by atoms with Gasteiger partial charge in [0, 0.05) is 11.6 Å². The molecule has 2 aromatic rings. The van der Waals surface area contributed by atoms with E-state index in [-0.39, 0.29) is 30.2 Å². The fourth-order valence-electron chi connectivity index (χ4n) is 3.60. The molecule has 0 spiro atoms. The van der Waals surface area contributed by atoms with Crippen LogP contribution in [0.4, 0.5) is 4.39 Å². The summed E-state index contributed by atoms with van der Waals surface area (Å²) in [6.45, 7) is 3.99. The van der Waals surface area contributed by atoms with Crippen molar-refractivity contribution in [2.24, 2.45) is 0 Å². The molecule has 4 nitrogen and oxygen atoms in total. The van der Waals surface area contributed by atoms with Crippen molar-refractivity contribution in [2.75, 3.05) is 13.1 Å². The molecule has 2 aliphatic heterocycles. The standard InChI is InChI=1S/C20H19FN2O2/c1-13(22-10-5-11-22)14-8-4-9-18(21)17(14)12-23-19(24)15-6-2-3-7-16(15)20(23)25/h2-4,6-9,13H,5,10-12H2,1H3. The van der Waals surface area contributed by atoms with Gasteiger partial charge in [0.2, 0.25) is 0 Å². The summed E-state index contributed by atoms with van der Waals surface area (Å²) in [4.78, 5) is 28.6. The van der Waals surface area contributed by atoms with E-state index in [1.54, 1.807) is 30.3 Å². The third-order valence-corrected chi connectivity index (χ3v) is 5.24. The van der Waals surface area contributed by atoms with Crippen molar-refractivity contribution >= 4 is 11.8 Å². The second kappa shape index (κ2) is 6.08. The fraction of sp³-hybridized carbons (Fsp3) is 0.300. The van der Waals surface area contributed by atoms with Gasteiger partial charge in [0.1, 0.15) is 5.82 Å². The van der Waals surface area contributed by atoms with Crippen molar-refractivity contribution in [3.05, 3.63) is 70.5 Å². The zero-order valence-electron chi connectivity index (χ0n) is 14.0. The molecule has 2 aromatic carbocycles. The summed E-state index contributed by atoms with van der Waals surface area (Å²) in [5, 5.41) is 0. The molecule has 2 aliphatic rings. The first-order valence-corrected chi connectivity index (χ1v) is 8.54. The van der Waals surface area contributed by atoms with Crippen LogP contribution in [0.3, 0.4) is 0 Å². The highest BCUT2D eigenvalue weighted by atomic mass is 19.1. The van der Waals surface area contributed by atoms with Gasteiger partial charge in [-0.05, 0) is 50.2 Å². The minimum atomic E-state index is -0.374. The van der Waals surface area contributed by atoms with Gasteiger partial charge in [-0.3, -0.25) is 19.4 Å². The highest BCUT2D eigenvalue weighted by Gasteiger charge is 2.36. The number of fused-ring (bicyclic) bond motifs is 1. The normalized spacial score (nSPS) is 18.2. The van der Waals surface area contributed by atoms with Gasteiger partial charge in [-0.25, -0.2) is 4.39 Å². The Morgan fingerprint density at radius 3 is 2.20 bits per heavy atom. The predicted octanol–water partition coefficient (Wildman–Crippen LogP) is 3.39. The molecule has 128 valence electrons. The smallest absolute Gasteiger partial charge is 0.261 e. The zero-order valence-corrected chi connectivity index (χ0v) is 14.0. The first kappa shape index (κ1) is 16.0. The van der Waals surface area contributed by atoms with Crippen LogP contribution >= 0.6 is 0 Å². The molecule has 0 saturated carbocycles. The molecule has 0 bridgehead atoms. The largest absolute Gasteiger partial charge is 0.297 e. The average molecular weight is 338 g/mol. The number of rotatable bonds is 4. The minimum absolute atomic E-state index is 0.0352. The van der Waals surface area contributed by atoms with Gasteiger partial charge < -0.3 is 0 Å². The van der Waals surface area contributed by atoms with Crippen molar-refractivity contribution in [3.63, 3.8) is 0 Å². The number of hydrogen-bond acceptors (Lipinski definition) is 3. The fourth-order valence-corrected chi connectivity index (χ4v) is 3.60. The van der Waals surface area contributed by atoms with E-state index in [2.05, 4.69) is 4.90 Å². The number of amides is 2. The summed E-state index contributed by atoms with van der Waals surface area (Å²) >= 11 is 0. The Morgan fingerprint density at radius 1 is 1.00 bits per heavy atom. The number of carbonyl (C=O) groups is 2. The van der Waals surface area contributed by atoms with Gasteiger partial charge in [-0.1, -0.05) is 24.3 Å². The number of hydrogen-bond donors (Lipinski definition) is 0. The SMILES string of the molecule is CC(c1cccc(F)c1CN1C(=O)c2ccccc2C1=O)N1CCC1. The average Bonchev–Trinajstić information content (AvgIpc) is 2.80.